The number of carbonyl (C=O) groups excluding carboxylic acids is 1. The lowest BCUT2D eigenvalue weighted by molar-refractivity contribution is 0.0827. The fraction of sp³-hybridized carbons (Fsp3) is 0.286. The summed E-state index contributed by atoms with van der Waals surface area (Å²) < 4.78 is 0. The molecular formula is C14H16N2OS. The van der Waals surface area contributed by atoms with E-state index >= 15 is 0 Å². The van der Waals surface area contributed by atoms with Gasteiger partial charge in [0.2, 0.25) is 0 Å². The van der Waals surface area contributed by atoms with Crippen LogP contribution in [0.4, 0.5) is 0 Å². The second-order valence-corrected chi connectivity index (χ2v) is 5.29. The number of rotatable bonds is 3. The van der Waals surface area contributed by atoms with Crippen LogP contribution in [0, 0.1) is 0 Å². The zero-order chi connectivity index (χ0) is 13.1. The van der Waals surface area contributed by atoms with Crippen molar-refractivity contribution >= 4 is 17.2 Å². The van der Waals surface area contributed by atoms with Crippen molar-refractivity contribution in [3.8, 4) is 11.3 Å². The van der Waals surface area contributed by atoms with Crippen LogP contribution in [0.15, 0.2) is 30.3 Å². The molecule has 2 rings (SSSR count). The van der Waals surface area contributed by atoms with Gasteiger partial charge < -0.3 is 4.90 Å². The molecule has 1 aromatic heterocycles. The third-order valence-electron chi connectivity index (χ3n) is 2.65. The lowest BCUT2D eigenvalue weighted by Crippen LogP contribution is -2.21. The van der Waals surface area contributed by atoms with Crippen LogP contribution in [0.1, 0.15) is 21.6 Å². The molecule has 0 fully saturated rings. The predicted molar refractivity (Wildman–Crippen MR) is 74.9 cm³/mol. The van der Waals surface area contributed by atoms with E-state index in [9.17, 15) is 4.79 Å². The summed E-state index contributed by atoms with van der Waals surface area (Å²) >= 11 is 1.49. The molecule has 0 saturated heterocycles. The average Bonchev–Trinajstić information content (AvgIpc) is 2.82. The van der Waals surface area contributed by atoms with Crippen LogP contribution in [0.5, 0.6) is 0 Å². The Morgan fingerprint density at radius 3 is 2.50 bits per heavy atom. The van der Waals surface area contributed by atoms with Crippen LogP contribution in [0.2, 0.25) is 0 Å². The van der Waals surface area contributed by atoms with Gasteiger partial charge in [-0.25, -0.2) is 4.98 Å². The van der Waals surface area contributed by atoms with Gasteiger partial charge in [-0.2, -0.15) is 0 Å². The first-order chi connectivity index (χ1) is 8.63. The molecule has 18 heavy (non-hydrogen) atoms. The van der Waals surface area contributed by atoms with Gasteiger partial charge in [0, 0.05) is 24.5 Å². The maximum Gasteiger partial charge on any atom is 0.282 e. The van der Waals surface area contributed by atoms with Crippen molar-refractivity contribution in [2.24, 2.45) is 0 Å². The number of thiazole rings is 1. The number of nitrogens with zero attached hydrogens (tertiary/aromatic N) is 2. The summed E-state index contributed by atoms with van der Waals surface area (Å²) in [7, 11) is 3.50. The third-order valence-corrected chi connectivity index (χ3v) is 3.84. The summed E-state index contributed by atoms with van der Waals surface area (Å²) in [4.78, 5) is 19.2. The fourth-order valence-corrected chi connectivity index (χ4v) is 2.74. The number of amides is 1. The molecule has 0 spiro atoms. The van der Waals surface area contributed by atoms with Crippen molar-refractivity contribution in [3.63, 3.8) is 0 Å². The number of aryl methyl sites for hydroxylation is 1. The van der Waals surface area contributed by atoms with Crippen LogP contribution >= 0.6 is 11.3 Å². The van der Waals surface area contributed by atoms with E-state index in [1.807, 2.05) is 30.3 Å². The molecule has 4 heteroatoms. The normalized spacial score (nSPS) is 10.4. The maximum atomic E-state index is 11.9. The van der Waals surface area contributed by atoms with Crippen molar-refractivity contribution in [2.45, 2.75) is 13.3 Å². The van der Waals surface area contributed by atoms with Gasteiger partial charge in [0.05, 0.1) is 5.69 Å². The quantitative estimate of drug-likeness (QED) is 0.849. The van der Waals surface area contributed by atoms with Crippen molar-refractivity contribution in [1.82, 2.24) is 9.88 Å². The van der Waals surface area contributed by atoms with Gasteiger partial charge in [0.25, 0.3) is 5.91 Å². The minimum Gasteiger partial charge on any atom is -0.343 e. The summed E-state index contributed by atoms with van der Waals surface area (Å²) in [5.41, 5.74) is 2.01. The fourth-order valence-electron chi connectivity index (χ4n) is 1.70. The van der Waals surface area contributed by atoms with Gasteiger partial charge in [0.15, 0.2) is 5.01 Å². The average molecular weight is 260 g/mol. The Balaban J connectivity index is 2.46. The van der Waals surface area contributed by atoms with Crippen molar-refractivity contribution < 1.29 is 4.79 Å². The second kappa shape index (κ2) is 5.31. The topological polar surface area (TPSA) is 33.2 Å². The van der Waals surface area contributed by atoms with E-state index in [2.05, 4.69) is 11.9 Å². The minimum atomic E-state index is -0.0307. The molecule has 0 aliphatic heterocycles. The van der Waals surface area contributed by atoms with Gasteiger partial charge in [-0.05, 0) is 6.42 Å². The Labute approximate surface area is 111 Å². The molecule has 0 atom stereocenters. The molecule has 1 aromatic carbocycles. The van der Waals surface area contributed by atoms with E-state index in [0.29, 0.717) is 5.01 Å². The molecule has 1 heterocycles. The largest absolute Gasteiger partial charge is 0.343 e. The van der Waals surface area contributed by atoms with Gasteiger partial charge in [-0.3, -0.25) is 4.79 Å². The summed E-state index contributed by atoms with van der Waals surface area (Å²) in [6, 6.07) is 10.0. The van der Waals surface area contributed by atoms with Crippen LogP contribution in [0.3, 0.4) is 0 Å². The van der Waals surface area contributed by atoms with Crippen molar-refractivity contribution in [2.75, 3.05) is 14.1 Å². The van der Waals surface area contributed by atoms with E-state index in [0.717, 1.165) is 22.6 Å². The zero-order valence-electron chi connectivity index (χ0n) is 10.8. The van der Waals surface area contributed by atoms with E-state index in [1.54, 1.807) is 19.0 Å². The Morgan fingerprint density at radius 1 is 1.28 bits per heavy atom. The predicted octanol–water partition coefficient (Wildman–Crippen LogP) is 3.07. The first kappa shape index (κ1) is 12.8. The third kappa shape index (κ3) is 2.43. The van der Waals surface area contributed by atoms with E-state index in [-0.39, 0.29) is 5.91 Å². The molecule has 0 radical (unpaired) electrons. The monoisotopic (exact) mass is 260 g/mol. The summed E-state index contributed by atoms with van der Waals surface area (Å²) in [6.07, 6.45) is 0.891. The molecule has 0 N–H and O–H groups in total. The SMILES string of the molecule is CCc1sc(C(=O)N(C)C)nc1-c1ccccc1. The lowest BCUT2D eigenvalue weighted by atomic mass is 10.1. The molecule has 0 aliphatic rings. The highest BCUT2D eigenvalue weighted by Gasteiger charge is 2.17. The van der Waals surface area contributed by atoms with E-state index in [1.165, 1.54) is 11.3 Å². The van der Waals surface area contributed by atoms with Crippen molar-refractivity contribution in [1.29, 1.82) is 0 Å². The van der Waals surface area contributed by atoms with Crippen LogP contribution in [-0.2, 0) is 6.42 Å². The van der Waals surface area contributed by atoms with Gasteiger partial charge in [0.1, 0.15) is 0 Å². The van der Waals surface area contributed by atoms with Crippen LogP contribution < -0.4 is 0 Å². The lowest BCUT2D eigenvalue weighted by Gasteiger charge is -2.06. The molecule has 0 bridgehead atoms. The first-order valence-electron chi connectivity index (χ1n) is 5.90. The van der Waals surface area contributed by atoms with E-state index < -0.39 is 0 Å². The van der Waals surface area contributed by atoms with Gasteiger partial charge in [-0.15, -0.1) is 11.3 Å². The van der Waals surface area contributed by atoms with E-state index in [4.69, 9.17) is 0 Å². The highest BCUT2D eigenvalue weighted by atomic mass is 32.1. The van der Waals surface area contributed by atoms with Gasteiger partial charge in [-0.1, -0.05) is 37.3 Å². The molecule has 1 amide bonds. The molecule has 0 unspecified atom stereocenters. The standard InChI is InChI=1S/C14H16N2OS/c1-4-11-12(10-8-6-5-7-9-10)15-13(18-11)14(17)16(2)3/h5-9H,4H2,1-3H3. The molecule has 0 saturated carbocycles. The Bertz CT molecular complexity index is 546. The molecule has 94 valence electrons. The summed E-state index contributed by atoms with van der Waals surface area (Å²) in [5.74, 6) is -0.0307. The summed E-state index contributed by atoms with van der Waals surface area (Å²) in [6.45, 7) is 2.09. The smallest absolute Gasteiger partial charge is 0.282 e. The van der Waals surface area contributed by atoms with Crippen molar-refractivity contribution in [3.05, 3.63) is 40.2 Å². The molecule has 3 nitrogen and oxygen atoms in total. The van der Waals surface area contributed by atoms with Crippen LogP contribution in [-0.4, -0.2) is 29.9 Å². The maximum absolute atomic E-state index is 11.9. The molecule has 0 aliphatic carbocycles. The Morgan fingerprint density at radius 2 is 1.94 bits per heavy atom. The highest BCUT2D eigenvalue weighted by molar-refractivity contribution is 7.14. The first-order valence-corrected chi connectivity index (χ1v) is 6.72. The second-order valence-electron chi connectivity index (χ2n) is 4.21. The highest BCUT2D eigenvalue weighted by Crippen LogP contribution is 2.29. The number of aromatic nitrogens is 1. The number of hydrogen-bond acceptors (Lipinski definition) is 3. The van der Waals surface area contributed by atoms with Crippen LogP contribution in [0.25, 0.3) is 11.3 Å². The number of benzene rings is 1. The summed E-state index contributed by atoms with van der Waals surface area (Å²) in [5, 5.41) is 0.565. The molecule has 2 aromatic rings. The zero-order valence-corrected chi connectivity index (χ0v) is 11.6. The Hall–Kier alpha value is -1.68. The number of carbonyl (C=O) groups is 1. The minimum absolute atomic E-state index is 0.0307. The Kier molecular flexibility index (Phi) is 3.77. The molecular weight excluding hydrogens is 244 g/mol. The number of hydrogen-bond donors (Lipinski definition) is 0. The van der Waals surface area contributed by atoms with Gasteiger partial charge >= 0.3 is 0 Å².